The molecule has 0 saturated carbocycles. The first kappa shape index (κ1) is 17.2. The molecule has 3 heterocycles. The van der Waals surface area contributed by atoms with Gasteiger partial charge in [0.05, 0.1) is 5.56 Å². The van der Waals surface area contributed by atoms with Crippen molar-refractivity contribution >= 4 is 17.1 Å². The largest absolute Gasteiger partial charge is 0.306 e. The summed E-state index contributed by atoms with van der Waals surface area (Å²) >= 11 is 1.30. The summed E-state index contributed by atoms with van der Waals surface area (Å²) in [7, 11) is 0. The number of hydrogen-bond acceptors (Lipinski definition) is 5. The average Bonchev–Trinajstić information content (AvgIpc) is 3.31. The summed E-state index contributed by atoms with van der Waals surface area (Å²) in [6.07, 6.45) is 5.75. The zero-order valence-corrected chi connectivity index (χ0v) is 14.9. The van der Waals surface area contributed by atoms with Gasteiger partial charge in [0.25, 0.3) is 0 Å². The number of carbonyl (C=O) groups is 1. The van der Waals surface area contributed by atoms with Gasteiger partial charge in [-0.15, -0.1) is 11.3 Å². The third-order valence-corrected chi connectivity index (χ3v) is 4.83. The highest BCUT2D eigenvalue weighted by molar-refractivity contribution is 7.13. The second-order valence-electron chi connectivity index (χ2n) is 5.78. The summed E-state index contributed by atoms with van der Waals surface area (Å²) in [5, 5.41) is 0.367. The van der Waals surface area contributed by atoms with Gasteiger partial charge in [0.1, 0.15) is 17.8 Å². The molecule has 0 N–H and O–H groups in total. The maximum Gasteiger partial charge on any atom is 0.241 e. The van der Waals surface area contributed by atoms with Gasteiger partial charge in [0.15, 0.2) is 5.01 Å². The highest BCUT2D eigenvalue weighted by Crippen LogP contribution is 2.26. The van der Waals surface area contributed by atoms with Gasteiger partial charge in [0, 0.05) is 29.2 Å². The molecule has 0 saturated heterocycles. The Balaban J connectivity index is 1.69. The van der Waals surface area contributed by atoms with Crippen LogP contribution in [0.3, 0.4) is 0 Å². The number of ketones is 1. The van der Waals surface area contributed by atoms with Gasteiger partial charge in [0.2, 0.25) is 11.7 Å². The fourth-order valence-corrected chi connectivity index (χ4v) is 3.36. The van der Waals surface area contributed by atoms with Crippen LogP contribution in [-0.2, 0) is 0 Å². The van der Waals surface area contributed by atoms with E-state index in [0.717, 1.165) is 17.1 Å². The Hall–Kier alpha value is -3.26. The number of thiazole rings is 1. The minimum Gasteiger partial charge on any atom is -0.306 e. The second kappa shape index (κ2) is 6.81. The van der Waals surface area contributed by atoms with Crippen LogP contribution >= 0.6 is 11.3 Å². The van der Waals surface area contributed by atoms with E-state index in [4.69, 9.17) is 0 Å². The predicted octanol–water partition coefficient (Wildman–Crippen LogP) is 4.21. The molecule has 0 aliphatic heterocycles. The van der Waals surface area contributed by atoms with Crippen LogP contribution in [0, 0.1) is 18.7 Å². The van der Waals surface area contributed by atoms with Gasteiger partial charge in [-0.25, -0.2) is 19.3 Å². The lowest BCUT2D eigenvalue weighted by atomic mass is 10.1. The van der Waals surface area contributed by atoms with Crippen LogP contribution in [0.5, 0.6) is 0 Å². The fraction of sp³-hybridized carbons (Fsp3) is 0.0526. The first-order valence-electron chi connectivity index (χ1n) is 7.95. The monoisotopic (exact) mass is 382 g/mol. The number of imidazole rings is 1. The highest BCUT2D eigenvalue weighted by Gasteiger charge is 2.17. The van der Waals surface area contributed by atoms with Crippen LogP contribution in [0.4, 0.5) is 8.78 Å². The van der Waals surface area contributed by atoms with Crippen molar-refractivity contribution in [3.8, 4) is 16.8 Å². The van der Waals surface area contributed by atoms with E-state index in [9.17, 15) is 13.6 Å². The Morgan fingerprint density at radius 2 is 2.00 bits per heavy atom. The SMILES string of the molecule is Cc1cnc(C(=O)c2cn(-c3cccc(-c4c(F)ccnc4F)c3)cn2)s1. The van der Waals surface area contributed by atoms with Crippen LogP contribution in [0.25, 0.3) is 16.8 Å². The van der Waals surface area contributed by atoms with Crippen molar-refractivity contribution in [1.29, 1.82) is 0 Å². The number of hydrogen-bond donors (Lipinski definition) is 0. The molecule has 4 aromatic rings. The van der Waals surface area contributed by atoms with Gasteiger partial charge < -0.3 is 4.57 Å². The summed E-state index contributed by atoms with van der Waals surface area (Å²) in [6.45, 7) is 1.87. The highest BCUT2D eigenvalue weighted by atomic mass is 32.1. The van der Waals surface area contributed by atoms with Crippen LogP contribution in [0.1, 0.15) is 20.4 Å². The molecule has 0 radical (unpaired) electrons. The van der Waals surface area contributed by atoms with Crippen molar-refractivity contribution in [2.24, 2.45) is 0 Å². The van der Waals surface area contributed by atoms with E-state index in [1.807, 2.05) is 6.92 Å². The van der Waals surface area contributed by atoms with Gasteiger partial charge in [-0.05, 0) is 30.7 Å². The third-order valence-electron chi connectivity index (χ3n) is 3.92. The molecular formula is C19H12F2N4OS. The molecule has 0 spiro atoms. The number of aromatic nitrogens is 4. The van der Waals surface area contributed by atoms with Gasteiger partial charge in [-0.2, -0.15) is 4.39 Å². The third kappa shape index (κ3) is 3.26. The number of pyridine rings is 1. The molecule has 3 aromatic heterocycles. The zero-order chi connectivity index (χ0) is 19.0. The first-order valence-corrected chi connectivity index (χ1v) is 8.76. The summed E-state index contributed by atoms with van der Waals surface area (Å²) < 4.78 is 29.6. The molecule has 0 aliphatic rings. The van der Waals surface area contributed by atoms with Gasteiger partial charge in [-0.3, -0.25) is 4.79 Å². The maximum atomic E-state index is 14.0. The smallest absolute Gasteiger partial charge is 0.241 e. The Morgan fingerprint density at radius 3 is 2.74 bits per heavy atom. The molecule has 0 bridgehead atoms. The molecule has 0 atom stereocenters. The lowest BCUT2D eigenvalue weighted by Crippen LogP contribution is -2.00. The lowest BCUT2D eigenvalue weighted by Gasteiger charge is -2.07. The number of carbonyl (C=O) groups excluding carboxylic acids is 1. The van der Waals surface area contributed by atoms with Crippen molar-refractivity contribution < 1.29 is 13.6 Å². The van der Waals surface area contributed by atoms with Crippen molar-refractivity contribution in [1.82, 2.24) is 19.5 Å². The van der Waals surface area contributed by atoms with E-state index in [0.29, 0.717) is 16.3 Å². The topological polar surface area (TPSA) is 60.7 Å². The molecule has 0 amide bonds. The van der Waals surface area contributed by atoms with Gasteiger partial charge >= 0.3 is 0 Å². The van der Waals surface area contributed by atoms with E-state index in [1.165, 1.54) is 17.7 Å². The first-order chi connectivity index (χ1) is 13.0. The Bertz CT molecular complexity index is 1130. The van der Waals surface area contributed by atoms with Crippen LogP contribution < -0.4 is 0 Å². The summed E-state index contributed by atoms with van der Waals surface area (Å²) in [6, 6.07) is 7.72. The quantitative estimate of drug-likeness (QED) is 0.392. The minimum absolute atomic E-state index is 0.200. The second-order valence-corrected chi connectivity index (χ2v) is 7.02. The molecular weight excluding hydrogens is 370 g/mol. The van der Waals surface area contributed by atoms with E-state index >= 15 is 0 Å². The average molecular weight is 382 g/mol. The Labute approximate surface area is 157 Å². The predicted molar refractivity (Wildman–Crippen MR) is 97.0 cm³/mol. The molecule has 5 nitrogen and oxygen atoms in total. The summed E-state index contributed by atoms with van der Waals surface area (Å²) in [5.74, 6) is -1.85. The number of nitrogens with zero attached hydrogens (tertiary/aromatic N) is 4. The normalized spacial score (nSPS) is 10.9. The fourth-order valence-electron chi connectivity index (χ4n) is 2.64. The van der Waals surface area contributed by atoms with Crippen LogP contribution in [0.2, 0.25) is 0 Å². The lowest BCUT2D eigenvalue weighted by molar-refractivity contribution is 0.103. The Kier molecular flexibility index (Phi) is 4.33. The molecule has 4 rings (SSSR count). The number of halogens is 2. The Morgan fingerprint density at radius 1 is 1.15 bits per heavy atom. The molecule has 0 aliphatic carbocycles. The van der Waals surface area contributed by atoms with Gasteiger partial charge in [-0.1, -0.05) is 12.1 Å². The number of benzene rings is 1. The number of aryl methyl sites for hydroxylation is 1. The standard InChI is InChI=1S/C19H12F2N4OS/c1-11-8-23-19(27-11)17(26)15-9-25(10-24-15)13-4-2-3-12(7-13)16-14(20)5-6-22-18(16)21/h2-10H,1H3. The van der Waals surface area contributed by atoms with E-state index in [-0.39, 0.29) is 17.0 Å². The van der Waals surface area contributed by atoms with Crippen molar-refractivity contribution in [3.63, 3.8) is 0 Å². The van der Waals surface area contributed by atoms with E-state index in [2.05, 4.69) is 15.0 Å². The van der Waals surface area contributed by atoms with Crippen LogP contribution in [0.15, 0.2) is 55.2 Å². The number of rotatable bonds is 4. The summed E-state index contributed by atoms with van der Waals surface area (Å²) in [4.78, 5) is 25.1. The van der Waals surface area contributed by atoms with Crippen molar-refractivity contribution in [2.75, 3.05) is 0 Å². The molecule has 0 unspecified atom stereocenters. The van der Waals surface area contributed by atoms with Crippen molar-refractivity contribution in [3.05, 3.63) is 82.6 Å². The molecule has 1 aromatic carbocycles. The zero-order valence-electron chi connectivity index (χ0n) is 14.1. The van der Waals surface area contributed by atoms with E-state index < -0.39 is 11.8 Å². The van der Waals surface area contributed by atoms with Crippen LogP contribution in [-0.4, -0.2) is 25.3 Å². The molecule has 0 fully saturated rings. The molecule has 8 heteroatoms. The molecule has 134 valence electrons. The van der Waals surface area contributed by atoms with E-state index in [1.54, 1.807) is 41.2 Å². The minimum atomic E-state index is -0.882. The van der Waals surface area contributed by atoms with Crippen molar-refractivity contribution in [2.45, 2.75) is 6.92 Å². The summed E-state index contributed by atoms with van der Waals surface area (Å²) in [5.41, 5.74) is 0.993. The maximum absolute atomic E-state index is 14.0. The molecule has 27 heavy (non-hydrogen) atoms.